The quantitative estimate of drug-likeness (QED) is 0.905. The second-order valence-electron chi connectivity index (χ2n) is 7.03. The number of carboxylic acid groups (broad SMARTS) is 1. The SMILES string of the molecule is CC(C)(C)C1CCN(Cc2ccc(C(=O)O)cc2Cl)CC1. The molecule has 2 rings (SSSR count). The van der Waals surface area contributed by atoms with E-state index in [0.29, 0.717) is 10.4 Å². The Hall–Kier alpha value is -1.06. The highest BCUT2D eigenvalue weighted by atomic mass is 35.5. The van der Waals surface area contributed by atoms with Crippen molar-refractivity contribution in [2.45, 2.75) is 40.2 Å². The summed E-state index contributed by atoms with van der Waals surface area (Å²) in [5.41, 5.74) is 1.64. The van der Waals surface area contributed by atoms with Gasteiger partial charge in [0.25, 0.3) is 0 Å². The average molecular weight is 310 g/mol. The molecule has 4 heteroatoms. The molecule has 0 unspecified atom stereocenters. The number of rotatable bonds is 3. The molecular weight excluding hydrogens is 286 g/mol. The Morgan fingerprint density at radius 1 is 1.33 bits per heavy atom. The van der Waals surface area contributed by atoms with Crippen LogP contribution in [0.4, 0.5) is 0 Å². The first-order valence-electron chi connectivity index (χ1n) is 7.51. The fraction of sp³-hybridized carbons (Fsp3) is 0.588. The molecule has 116 valence electrons. The number of benzene rings is 1. The van der Waals surface area contributed by atoms with Crippen molar-refractivity contribution in [1.82, 2.24) is 4.90 Å². The molecule has 21 heavy (non-hydrogen) atoms. The normalized spacial score (nSPS) is 17.9. The van der Waals surface area contributed by atoms with Gasteiger partial charge in [-0.25, -0.2) is 4.79 Å². The number of carboxylic acids is 1. The predicted molar refractivity (Wildman–Crippen MR) is 85.9 cm³/mol. The minimum Gasteiger partial charge on any atom is -0.478 e. The van der Waals surface area contributed by atoms with Gasteiger partial charge in [-0.3, -0.25) is 4.90 Å². The molecule has 1 heterocycles. The summed E-state index contributed by atoms with van der Waals surface area (Å²) < 4.78 is 0. The van der Waals surface area contributed by atoms with E-state index in [1.807, 2.05) is 6.07 Å². The number of piperidine rings is 1. The van der Waals surface area contributed by atoms with E-state index in [4.69, 9.17) is 16.7 Å². The maximum Gasteiger partial charge on any atom is 0.335 e. The first-order chi connectivity index (χ1) is 9.77. The number of nitrogens with zero attached hydrogens (tertiary/aromatic N) is 1. The smallest absolute Gasteiger partial charge is 0.335 e. The van der Waals surface area contributed by atoms with Crippen LogP contribution in [0.15, 0.2) is 18.2 Å². The van der Waals surface area contributed by atoms with Crippen LogP contribution in [0.1, 0.15) is 49.5 Å². The van der Waals surface area contributed by atoms with Crippen molar-refractivity contribution in [2.24, 2.45) is 11.3 Å². The predicted octanol–water partition coefficient (Wildman–Crippen LogP) is 4.30. The fourth-order valence-corrected chi connectivity index (χ4v) is 3.25. The Morgan fingerprint density at radius 3 is 2.43 bits per heavy atom. The molecule has 1 aliphatic rings. The van der Waals surface area contributed by atoms with E-state index in [9.17, 15) is 4.79 Å². The van der Waals surface area contributed by atoms with Gasteiger partial charge >= 0.3 is 5.97 Å². The van der Waals surface area contributed by atoms with Gasteiger partial charge in [-0.05, 0) is 55.0 Å². The van der Waals surface area contributed by atoms with Crippen molar-refractivity contribution in [3.05, 3.63) is 34.3 Å². The monoisotopic (exact) mass is 309 g/mol. The maximum absolute atomic E-state index is 10.9. The summed E-state index contributed by atoms with van der Waals surface area (Å²) in [5, 5.41) is 9.51. The Labute approximate surface area is 131 Å². The van der Waals surface area contributed by atoms with Gasteiger partial charge in [0, 0.05) is 11.6 Å². The first kappa shape index (κ1) is 16.3. The number of carbonyl (C=O) groups is 1. The van der Waals surface area contributed by atoms with Gasteiger partial charge in [0.05, 0.1) is 5.56 Å². The highest BCUT2D eigenvalue weighted by molar-refractivity contribution is 6.31. The minimum atomic E-state index is -0.936. The zero-order chi connectivity index (χ0) is 15.6. The molecule has 0 aliphatic carbocycles. The fourth-order valence-electron chi connectivity index (χ4n) is 3.01. The van der Waals surface area contributed by atoms with Gasteiger partial charge < -0.3 is 5.11 Å². The van der Waals surface area contributed by atoms with Crippen molar-refractivity contribution >= 4 is 17.6 Å². The van der Waals surface area contributed by atoms with Gasteiger partial charge in [0.2, 0.25) is 0 Å². The number of aromatic carboxylic acids is 1. The summed E-state index contributed by atoms with van der Waals surface area (Å²) >= 11 is 6.20. The highest BCUT2D eigenvalue weighted by Gasteiger charge is 2.28. The summed E-state index contributed by atoms with van der Waals surface area (Å²) in [6, 6.07) is 5.01. The summed E-state index contributed by atoms with van der Waals surface area (Å²) in [6.07, 6.45) is 2.43. The van der Waals surface area contributed by atoms with Gasteiger partial charge in [0.15, 0.2) is 0 Å². The third-order valence-electron chi connectivity index (χ3n) is 4.51. The van der Waals surface area contributed by atoms with Crippen LogP contribution < -0.4 is 0 Å². The molecule has 0 amide bonds. The van der Waals surface area contributed by atoms with Crippen molar-refractivity contribution in [1.29, 1.82) is 0 Å². The van der Waals surface area contributed by atoms with Crippen LogP contribution in [0.3, 0.4) is 0 Å². The molecule has 3 nitrogen and oxygen atoms in total. The topological polar surface area (TPSA) is 40.5 Å². The van der Waals surface area contributed by atoms with E-state index >= 15 is 0 Å². The molecule has 1 aromatic carbocycles. The van der Waals surface area contributed by atoms with Gasteiger partial charge in [-0.2, -0.15) is 0 Å². The van der Waals surface area contributed by atoms with Crippen molar-refractivity contribution in [2.75, 3.05) is 13.1 Å². The Bertz CT molecular complexity index is 514. The summed E-state index contributed by atoms with van der Waals surface area (Å²) in [7, 11) is 0. The van der Waals surface area contributed by atoms with E-state index in [-0.39, 0.29) is 5.56 Å². The van der Waals surface area contributed by atoms with Crippen molar-refractivity contribution < 1.29 is 9.90 Å². The molecule has 0 saturated carbocycles. The molecular formula is C17H24ClNO2. The minimum absolute atomic E-state index is 0.246. The lowest BCUT2D eigenvalue weighted by atomic mass is 9.75. The van der Waals surface area contributed by atoms with Crippen molar-refractivity contribution in [3.8, 4) is 0 Å². The zero-order valence-electron chi connectivity index (χ0n) is 13.0. The second kappa shape index (κ2) is 6.37. The van der Waals surface area contributed by atoms with Crippen LogP contribution in [0, 0.1) is 11.3 Å². The van der Waals surface area contributed by atoms with E-state index < -0.39 is 5.97 Å². The van der Waals surface area contributed by atoms with Crippen LogP contribution in [0.25, 0.3) is 0 Å². The van der Waals surface area contributed by atoms with Gasteiger partial charge in [-0.1, -0.05) is 38.4 Å². The summed E-state index contributed by atoms with van der Waals surface area (Å²) in [4.78, 5) is 13.3. The van der Waals surface area contributed by atoms with Gasteiger partial charge in [0.1, 0.15) is 0 Å². The molecule has 1 aliphatic heterocycles. The van der Waals surface area contributed by atoms with E-state index in [1.54, 1.807) is 12.1 Å². The molecule has 0 aromatic heterocycles. The average Bonchev–Trinajstić information content (AvgIpc) is 2.40. The molecule has 0 radical (unpaired) electrons. The lowest BCUT2D eigenvalue weighted by Crippen LogP contribution is -2.37. The lowest BCUT2D eigenvalue weighted by Gasteiger charge is -2.38. The van der Waals surface area contributed by atoms with Crippen molar-refractivity contribution in [3.63, 3.8) is 0 Å². The lowest BCUT2D eigenvalue weighted by molar-refractivity contribution is 0.0697. The number of likely N-dealkylation sites (tertiary alicyclic amines) is 1. The second-order valence-corrected chi connectivity index (χ2v) is 7.43. The third kappa shape index (κ3) is 4.21. The van der Waals surface area contributed by atoms with Crippen LogP contribution in [-0.4, -0.2) is 29.1 Å². The molecule has 0 spiro atoms. The van der Waals surface area contributed by atoms with Crippen LogP contribution in [0.5, 0.6) is 0 Å². The number of halogens is 1. The Morgan fingerprint density at radius 2 is 1.95 bits per heavy atom. The summed E-state index contributed by atoms with van der Waals surface area (Å²) in [6.45, 7) is 9.91. The van der Waals surface area contributed by atoms with E-state index in [2.05, 4.69) is 25.7 Å². The number of hydrogen-bond donors (Lipinski definition) is 1. The maximum atomic E-state index is 10.9. The highest BCUT2D eigenvalue weighted by Crippen LogP contribution is 2.34. The summed E-state index contributed by atoms with van der Waals surface area (Å²) in [5.74, 6) is -0.159. The molecule has 1 saturated heterocycles. The molecule has 0 bridgehead atoms. The molecule has 1 aromatic rings. The van der Waals surface area contributed by atoms with Crippen LogP contribution in [-0.2, 0) is 6.54 Å². The standard InChI is InChI=1S/C17H24ClNO2/c1-17(2,3)14-6-8-19(9-7-14)11-13-5-4-12(16(20)21)10-15(13)18/h4-5,10,14H,6-9,11H2,1-3H3,(H,20,21). The number of hydrogen-bond acceptors (Lipinski definition) is 2. The Balaban J connectivity index is 1.96. The molecule has 1 N–H and O–H groups in total. The third-order valence-corrected chi connectivity index (χ3v) is 4.86. The van der Waals surface area contributed by atoms with E-state index in [0.717, 1.165) is 31.1 Å². The van der Waals surface area contributed by atoms with Crippen LogP contribution in [0.2, 0.25) is 5.02 Å². The Kier molecular flexibility index (Phi) is 4.95. The van der Waals surface area contributed by atoms with Crippen LogP contribution >= 0.6 is 11.6 Å². The first-order valence-corrected chi connectivity index (χ1v) is 7.89. The zero-order valence-corrected chi connectivity index (χ0v) is 13.8. The van der Waals surface area contributed by atoms with Gasteiger partial charge in [-0.15, -0.1) is 0 Å². The molecule has 1 fully saturated rings. The largest absolute Gasteiger partial charge is 0.478 e. The molecule has 0 atom stereocenters. The van der Waals surface area contributed by atoms with E-state index in [1.165, 1.54) is 12.8 Å².